The largest absolute Gasteiger partial charge is 0.379 e. The third-order valence-electron chi connectivity index (χ3n) is 5.64. The zero-order valence-electron chi connectivity index (χ0n) is 17.0. The van der Waals surface area contributed by atoms with Crippen LogP contribution in [0.2, 0.25) is 0 Å². The summed E-state index contributed by atoms with van der Waals surface area (Å²) in [6.45, 7) is 4.44. The molecule has 162 valence electrons. The molecule has 1 aromatic heterocycles. The Balaban J connectivity index is 1.46. The van der Waals surface area contributed by atoms with E-state index < -0.39 is 10.0 Å². The van der Waals surface area contributed by atoms with E-state index in [0.29, 0.717) is 44.1 Å². The quantitative estimate of drug-likeness (QED) is 0.734. The van der Waals surface area contributed by atoms with Gasteiger partial charge in [-0.2, -0.15) is 4.31 Å². The molecule has 0 radical (unpaired) electrons. The molecule has 7 nitrogen and oxygen atoms in total. The van der Waals surface area contributed by atoms with Crippen molar-refractivity contribution >= 4 is 33.0 Å². The molecule has 0 spiro atoms. The summed E-state index contributed by atoms with van der Waals surface area (Å²) in [5, 5.41) is 4.96. The van der Waals surface area contributed by atoms with Gasteiger partial charge in [0.1, 0.15) is 0 Å². The van der Waals surface area contributed by atoms with E-state index in [4.69, 9.17) is 4.74 Å². The summed E-state index contributed by atoms with van der Waals surface area (Å²) < 4.78 is 32.8. The predicted octanol–water partition coefficient (Wildman–Crippen LogP) is 2.85. The van der Waals surface area contributed by atoms with Gasteiger partial charge in [-0.15, -0.1) is 11.3 Å². The Hall–Kier alpha value is -1.78. The minimum atomic E-state index is -3.62. The smallest absolute Gasteiger partial charge is 0.243 e. The molecule has 1 amide bonds. The highest BCUT2D eigenvalue weighted by molar-refractivity contribution is 7.89. The minimum absolute atomic E-state index is 0.128. The third-order valence-corrected chi connectivity index (χ3v) is 8.66. The zero-order chi connectivity index (χ0) is 21.1. The molecule has 0 saturated carbocycles. The normalized spacial score (nSPS) is 21.0. The lowest BCUT2D eigenvalue weighted by Crippen LogP contribution is -2.40. The molecule has 0 unspecified atom stereocenters. The maximum absolute atomic E-state index is 13.0. The predicted molar refractivity (Wildman–Crippen MR) is 117 cm³/mol. The molecular formula is C21H27N3O4S2. The Morgan fingerprint density at radius 3 is 2.77 bits per heavy atom. The number of carbonyl (C=O) groups excluding carboxylic acids is 1. The second-order valence-electron chi connectivity index (χ2n) is 7.69. The second kappa shape index (κ2) is 9.15. The van der Waals surface area contributed by atoms with Gasteiger partial charge in [0.2, 0.25) is 15.9 Å². The lowest BCUT2D eigenvalue weighted by molar-refractivity contribution is -0.117. The number of sulfonamides is 1. The molecule has 1 atom stereocenters. The first-order valence-corrected chi connectivity index (χ1v) is 12.5. The molecule has 30 heavy (non-hydrogen) atoms. The Labute approximate surface area is 181 Å². The maximum Gasteiger partial charge on any atom is 0.243 e. The number of amides is 1. The molecule has 2 fully saturated rings. The van der Waals surface area contributed by atoms with E-state index in [-0.39, 0.29) is 16.8 Å². The van der Waals surface area contributed by atoms with E-state index in [0.717, 1.165) is 19.4 Å². The number of ether oxygens (including phenoxy) is 1. The fourth-order valence-electron chi connectivity index (χ4n) is 4.09. The number of nitrogens with one attached hydrogen (secondary N) is 1. The van der Waals surface area contributed by atoms with Crippen molar-refractivity contribution in [2.75, 3.05) is 44.7 Å². The molecule has 2 aliphatic heterocycles. The Bertz CT molecular complexity index is 986. The van der Waals surface area contributed by atoms with Crippen LogP contribution in [0.3, 0.4) is 0 Å². The van der Waals surface area contributed by atoms with Crippen LogP contribution in [0.25, 0.3) is 0 Å². The van der Waals surface area contributed by atoms with E-state index in [1.165, 1.54) is 9.18 Å². The molecule has 4 rings (SSSR count). The number of hydrogen-bond donors (Lipinski definition) is 1. The van der Waals surface area contributed by atoms with Crippen LogP contribution in [-0.2, 0) is 19.6 Å². The summed E-state index contributed by atoms with van der Waals surface area (Å²) in [5.74, 6) is -0.128. The minimum Gasteiger partial charge on any atom is -0.379 e. The molecule has 1 aromatic carbocycles. The topological polar surface area (TPSA) is 79.0 Å². The van der Waals surface area contributed by atoms with Crippen molar-refractivity contribution in [3.63, 3.8) is 0 Å². The average molecular weight is 450 g/mol. The molecule has 2 aromatic rings. The number of benzene rings is 1. The summed E-state index contributed by atoms with van der Waals surface area (Å²) >= 11 is 1.72. The van der Waals surface area contributed by atoms with Gasteiger partial charge in [-0.1, -0.05) is 12.1 Å². The highest BCUT2D eigenvalue weighted by Crippen LogP contribution is 2.34. The Kier molecular flexibility index (Phi) is 6.54. The van der Waals surface area contributed by atoms with Crippen molar-refractivity contribution in [1.82, 2.24) is 9.21 Å². The lowest BCUT2D eigenvalue weighted by Gasteiger charge is -2.27. The van der Waals surface area contributed by atoms with Gasteiger partial charge < -0.3 is 10.1 Å². The van der Waals surface area contributed by atoms with E-state index in [9.17, 15) is 13.2 Å². The van der Waals surface area contributed by atoms with Crippen LogP contribution in [-0.4, -0.2) is 62.9 Å². The van der Waals surface area contributed by atoms with E-state index in [1.807, 2.05) is 6.07 Å². The summed E-state index contributed by atoms with van der Waals surface area (Å²) in [5.41, 5.74) is 1.17. The molecule has 3 heterocycles. The maximum atomic E-state index is 13.0. The van der Waals surface area contributed by atoms with Crippen LogP contribution < -0.4 is 5.32 Å². The summed E-state index contributed by atoms with van der Waals surface area (Å²) in [4.78, 5) is 16.4. The summed E-state index contributed by atoms with van der Waals surface area (Å²) in [7, 11) is -3.62. The number of nitrogens with zero attached hydrogens (tertiary/aromatic N) is 2. The van der Waals surface area contributed by atoms with E-state index in [1.54, 1.807) is 36.5 Å². The van der Waals surface area contributed by atoms with Crippen LogP contribution in [0.5, 0.6) is 0 Å². The van der Waals surface area contributed by atoms with E-state index in [2.05, 4.69) is 21.7 Å². The van der Waals surface area contributed by atoms with Crippen molar-refractivity contribution in [1.29, 1.82) is 0 Å². The SMILES string of the molecule is Cc1ccc(NC(=O)CN2CCC[C@@H]2c2cccs2)cc1S(=O)(=O)N1CCOCC1. The molecule has 0 aliphatic carbocycles. The van der Waals surface area contributed by atoms with Crippen LogP contribution in [0, 0.1) is 6.92 Å². The van der Waals surface area contributed by atoms with Gasteiger partial charge in [-0.05, 0) is 55.5 Å². The number of hydrogen-bond acceptors (Lipinski definition) is 6. The van der Waals surface area contributed by atoms with Crippen LogP contribution in [0.15, 0.2) is 40.6 Å². The molecule has 2 saturated heterocycles. The molecule has 9 heteroatoms. The lowest BCUT2D eigenvalue weighted by atomic mass is 10.2. The summed E-state index contributed by atoms with van der Waals surface area (Å²) in [6.07, 6.45) is 2.13. The highest BCUT2D eigenvalue weighted by atomic mass is 32.2. The summed E-state index contributed by atoms with van der Waals surface area (Å²) in [6, 6.07) is 9.51. The van der Waals surface area contributed by atoms with Gasteiger partial charge in [0.05, 0.1) is 24.7 Å². The van der Waals surface area contributed by atoms with Gasteiger partial charge in [0.25, 0.3) is 0 Å². The molecule has 1 N–H and O–H groups in total. The van der Waals surface area contributed by atoms with Crippen molar-refractivity contribution < 1.29 is 17.9 Å². The Morgan fingerprint density at radius 2 is 2.03 bits per heavy atom. The first-order chi connectivity index (χ1) is 14.4. The van der Waals surface area contributed by atoms with Gasteiger partial charge >= 0.3 is 0 Å². The van der Waals surface area contributed by atoms with Crippen molar-refractivity contribution in [3.8, 4) is 0 Å². The van der Waals surface area contributed by atoms with Crippen LogP contribution >= 0.6 is 11.3 Å². The number of anilines is 1. The average Bonchev–Trinajstić information content (AvgIpc) is 3.41. The first-order valence-electron chi connectivity index (χ1n) is 10.2. The third kappa shape index (κ3) is 4.60. The molecule has 0 bridgehead atoms. The van der Waals surface area contributed by atoms with Gasteiger partial charge in [0.15, 0.2) is 0 Å². The van der Waals surface area contributed by atoms with Gasteiger partial charge in [-0.3, -0.25) is 9.69 Å². The number of morpholine rings is 1. The zero-order valence-corrected chi connectivity index (χ0v) is 18.7. The fourth-order valence-corrected chi connectivity index (χ4v) is 6.64. The van der Waals surface area contributed by atoms with Crippen molar-refractivity contribution in [3.05, 3.63) is 46.2 Å². The molecular weight excluding hydrogens is 422 g/mol. The number of carbonyl (C=O) groups is 1. The van der Waals surface area contributed by atoms with Gasteiger partial charge in [-0.25, -0.2) is 8.42 Å². The number of aryl methyl sites for hydroxylation is 1. The molecule has 2 aliphatic rings. The fraction of sp³-hybridized carbons (Fsp3) is 0.476. The number of rotatable bonds is 6. The van der Waals surface area contributed by atoms with Crippen LogP contribution in [0.4, 0.5) is 5.69 Å². The standard InChI is InChI=1S/C21H27N3O4S2/c1-16-6-7-17(14-20(16)30(26,27)24-9-11-28-12-10-24)22-21(25)15-23-8-2-4-18(23)19-5-3-13-29-19/h3,5-7,13-14,18H,2,4,8-12,15H2,1H3,(H,22,25)/t18-/m1/s1. The van der Waals surface area contributed by atoms with Crippen molar-refractivity contribution in [2.45, 2.75) is 30.7 Å². The Morgan fingerprint density at radius 1 is 1.23 bits per heavy atom. The number of likely N-dealkylation sites (tertiary alicyclic amines) is 1. The second-order valence-corrected chi connectivity index (χ2v) is 10.6. The first kappa shape index (κ1) is 21.5. The highest BCUT2D eigenvalue weighted by Gasteiger charge is 2.30. The van der Waals surface area contributed by atoms with Gasteiger partial charge in [0, 0.05) is 29.7 Å². The monoisotopic (exact) mass is 449 g/mol. The van der Waals surface area contributed by atoms with Crippen LogP contribution in [0.1, 0.15) is 29.3 Å². The van der Waals surface area contributed by atoms with Crippen molar-refractivity contribution in [2.24, 2.45) is 0 Å². The van der Waals surface area contributed by atoms with E-state index >= 15 is 0 Å². The number of thiophene rings is 1.